The summed E-state index contributed by atoms with van der Waals surface area (Å²) < 4.78 is 10.4. The highest BCUT2D eigenvalue weighted by atomic mass is 16.6. The number of hydrogen-bond acceptors (Lipinski definition) is 3. The lowest BCUT2D eigenvalue weighted by Crippen LogP contribution is -2.50. The van der Waals surface area contributed by atoms with Gasteiger partial charge in [0.15, 0.2) is 0 Å². The van der Waals surface area contributed by atoms with E-state index < -0.39 is 0 Å². The molecule has 1 saturated carbocycles. The van der Waals surface area contributed by atoms with Crippen LogP contribution in [0.5, 0.6) is 0 Å². The summed E-state index contributed by atoms with van der Waals surface area (Å²) in [6.45, 7) is 11.4. The van der Waals surface area contributed by atoms with E-state index in [1.807, 2.05) is 0 Å². The van der Waals surface area contributed by atoms with Crippen LogP contribution in [0.3, 0.4) is 0 Å². The molecular formula is C21H32BN2O2. The van der Waals surface area contributed by atoms with Crippen LogP contribution >= 0.6 is 0 Å². The van der Waals surface area contributed by atoms with Crippen LogP contribution in [0.25, 0.3) is 11.0 Å². The highest BCUT2D eigenvalue weighted by Crippen LogP contribution is 2.36. The Hall–Kier alpha value is -1.33. The van der Waals surface area contributed by atoms with Crippen molar-refractivity contribution in [2.75, 3.05) is 6.61 Å². The molecule has 0 bridgehead atoms. The van der Waals surface area contributed by atoms with Gasteiger partial charge in [0, 0.05) is 29.8 Å². The molecule has 0 unspecified atom stereocenters. The topological polar surface area (TPSA) is 47.1 Å². The van der Waals surface area contributed by atoms with Gasteiger partial charge < -0.3 is 14.3 Å². The van der Waals surface area contributed by atoms with Gasteiger partial charge in [-0.25, -0.2) is 4.98 Å². The number of pyridine rings is 1. The summed E-state index contributed by atoms with van der Waals surface area (Å²) in [6, 6.07) is 2.35. The molecule has 4 nitrogen and oxygen atoms in total. The molecule has 3 heterocycles. The lowest BCUT2D eigenvalue weighted by Gasteiger charge is -2.44. The van der Waals surface area contributed by atoms with Crippen molar-refractivity contribution in [3.05, 3.63) is 29.6 Å². The molecule has 0 aromatic carbocycles. The van der Waals surface area contributed by atoms with Crippen molar-refractivity contribution in [3.8, 4) is 0 Å². The van der Waals surface area contributed by atoms with Crippen LogP contribution in [-0.2, 0) is 15.7 Å². The standard InChI is InChI=1S/C14H18N2.C7H14BO2/c1-2-10-8-15-14-13(10)7-12(9-16-14)11-5-3-4-6-11;1-6(2)5-9-8-10-7(6,3)4/h7-9,11H,2-6H2,1H3,(H,15,16);5H2,1-4H3. The van der Waals surface area contributed by atoms with E-state index in [2.05, 4.69) is 63.0 Å². The lowest BCUT2D eigenvalue weighted by atomic mass is 9.76. The van der Waals surface area contributed by atoms with Crippen LogP contribution in [-0.4, -0.2) is 29.9 Å². The van der Waals surface area contributed by atoms with Crippen LogP contribution in [0.4, 0.5) is 0 Å². The predicted octanol–water partition coefficient (Wildman–Crippen LogP) is 5.16. The third-order valence-electron chi connectivity index (χ3n) is 6.33. The van der Waals surface area contributed by atoms with Gasteiger partial charge >= 0.3 is 7.69 Å². The molecule has 0 atom stereocenters. The first kappa shape index (κ1) is 19.4. The quantitative estimate of drug-likeness (QED) is 0.758. The van der Waals surface area contributed by atoms with Crippen molar-refractivity contribution >= 4 is 18.7 Å². The minimum absolute atomic E-state index is 0.0990. The molecule has 0 amide bonds. The number of aryl methyl sites for hydroxylation is 1. The summed E-state index contributed by atoms with van der Waals surface area (Å²) in [5.41, 5.74) is 3.87. The molecule has 5 heteroatoms. The Morgan fingerprint density at radius 1 is 1.23 bits per heavy atom. The van der Waals surface area contributed by atoms with Crippen molar-refractivity contribution in [2.24, 2.45) is 5.41 Å². The van der Waals surface area contributed by atoms with E-state index in [1.165, 1.54) is 49.9 Å². The molecule has 2 aliphatic rings. The summed E-state index contributed by atoms with van der Waals surface area (Å²) in [5.74, 6) is 0.761. The summed E-state index contributed by atoms with van der Waals surface area (Å²) in [7, 11) is 1.44. The average molecular weight is 355 g/mol. The number of H-pyrrole nitrogens is 1. The van der Waals surface area contributed by atoms with Gasteiger partial charge in [0.05, 0.1) is 5.60 Å². The Morgan fingerprint density at radius 2 is 1.96 bits per heavy atom. The van der Waals surface area contributed by atoms with Gasteiger partial charge in [-0.05, 0) is 56.2 Å². The molecule has 1 aliphatic carbocycles. The zero-order valence-corrected chi connectivity index (χ0v) is 16.9. The Morgan fingerprint density at radius 3 is 2.54 bits per heavy atom. The SMILES string of the molecule is CC1(C)CO[B]OC1(C)C.CCc1c[nH]c2ncc(C3CCCC3)cc12. The van der Waals surface area contributed by atoms with E-state index in [1.54, 1.807) is 0 Å². The molecule has 1 N–H and O–H groups in total. The molecule has 2 fully saturated rings. The zero-order chi connectivity index (χ0) is 18.8. The van der Waals surface area contributed by atoms with Crippen molar-refractivity contribution in [1.29, 1.82) is 0 Å². The van der Waals surface area contributed by atoms with E-state index in [0.29, 0.717) is 0 Å². The molecule has 1 aliphatic heterocycles. The van der Waals surface area contributed by atoms with Crippen LogP contribution in [0, 0.1) is 5.41 Å². The first-order valence-electron chi connectivity index (χ1n) is 9.91. The highest BCUT2D eigenvalue weighted by Gasteiger charge is 2.41. The van der Waals surface area contributed by atoms with Crippen LogP contribution < -0.4 is 0 Å². The molecule has 2 aromatic heterocycles. The molecule has 2 aromatic rings. The van der Waals surface area contributed by atoms with Gasteiger partial charge in [-0.2, -0.15) is 0 Å². The fraction of sp³-hybridized carbons (Fsp3) is 0.667. The molecule has 141 valence electrons. The maximum Gasteiger partial charge on any atom is 0.488 e. The van der Waals surface area contributed by atoms with Crippen molar-refractivity contribution in [1.82, 2.24) is 9.97 Å². The highest BCUT2D eigenvalue weighted by molar-refractivity contribution is 6.18. The monoisotopic (exact) mass is 355 g/mol. The minimum atomic E-state index is -0.106. The number of fused-ring (bicyclic) bond motifs is 1. The van der Waals surface area contributed by atoms with E-state index >= 15 is 0 Å². The summed E-state index contributed by atoms with van der Waals surface area (Å²) in [5, 5.41) is 1.33. The van der Waals surface area contributed by atoms with Gasteiger partial charge in [-0.15, -0.1) is 0 Å². The number of aromatic amines is 1. The molecule has 26 heavy (non-hydrogen) atoms. The average Bonchev–Trinajstić information content (AvgIpc) is 3.27. The lowest BCUT2D eigenvalue weighted by molar-refractivity contribution is -0.0873. The van der Waals surface area contributed by atoms with E-state index in [0.717, 1.165) is 24.6 Å². The fourth-order valence-corrected chi connectivity index (χ4v) is 3.58. The smallest absolute Gasteiger partial charge is 0.413 e. The first-order valence-corrected chi connectivity index (χ1v) is 9.91. The van der Waals surface area contributed by atoms with Crippen molar-refractivity contribution in [3.63, 3.8) is 0 Å². The first-order chi connectivity index (χ1) is 12.3. The number of rotatable bonds is 2. The van der Waals surface area contributed by atoms with Gasteiger partial charge in [0.2, 0.25) is 0 Å². The van der Waals surface area contributed by atoms with E-state index in [9.17, 15) is 0 Å². The minimum Gasteiger partial charge on any atom is -0.413 e. The number of nitrogens with zero attached hydrogens (tertiary/aromatic N) is 1. The van der Waals surface area contributed by atoms with Gasteiger partial charge in [0.25, 0.3) is 0 Å². The second kappa shape index (κ2) is 7.73. The second-order valence-electron chi connectivity index (χ2n) is 8.73. The van der Waals surface area contributed by atoms with Gasteiger partial charge in [-0.1, -0.05) is 33.6 Å². The van der Waals surface area contributed by atoms with Gasteiger partial charge in [-0.3, -0.25) is 0 Å². The van der Waals surface area contributed by atoms with Crippen LogP contribution in [0.1, 0.15) is 77.3 Å². The normalized spacial score (nSPS) is 21.9. The largest absolute Gasteiger partial charge is 0.488 e. The maximum absolute atomic E-state index is 5.33. The zero-order valence-electron chi connectivity index (χ0n) is 16.9. The molecule has 1 saturated heterocycles. The second-order valence-corrected chi connectivity index (χ2v) is 8.73. The Bertz CT molecular complexity index is 717. The Labute approximate surface area is 158 Å². The number of nitrogens with one attached hydrogen (secondary N) is 1. The third kappa shape index (κ3) is 3.99. The molecule has 4 rings (SSSR count). The third-order valence-corrected chi connectivity index (χ3v) is 6.33. The van der Waals surface area contributed by atoms with Crippen LogP contribution in [0.15, 0.2) is 18.5 Å². The van der Waals surface area contributed by atoms with Crippen molar-refractivity contribution in [2.45, 2.75) is 78.2 Å². The number of hydrogen-bond donors (Lipinski definition) is 1. The Balaban J connectivity index is 0.000000170. The van der Waals surface area contributed by atoms with E-state index in [4.69, 9.17) is 9.31 Å². The van der Waals surface area contributed by atoms with E-state index in [-0.39, 0.29) is 11.0 Å². The maximum atomic E-state index is 5.33. The van der Waals surface area contributed by atoms with Crippen LogP contribution in [0.2, 0.25) is 0 Å². The molecular weight excluding hydrogens is 323 g/mol. The summed E-state index contributed by atoms with van der Waals surface area (Å²) in [4.78, 5) is 7.78. The molecule has 1 radical (unpaired) electrons. The number of aromatic nitrogens is 2. The van der Waals surface area contributed by atoms with Crippen molar-refractivity contribution < 1.29 is 9.31 Å². The fourth-order valence-electron chi connectivity index (χ4n) is 3.58. The predicted molar refractivity (Wildman–Crippen MR) is 107 cm³/mol. The molecule has 0 spiro atoms. The summed E-state index contributed by atoms with van der Waals surface area (Å²) in [6.07, 6.45) is 10.7. The van der Waals surface area contributed by atoms with Gasteiger partial charge in [0.1, 0.15) is 5.65 Å². The Kier molecular flexibility index (Phi) is 5.78. The summed E-state index contributed by atoms with van der Waals surface area (Å²) >= 11 is 0.